The fourth-order valence-corrected chi connectivity index (χ4v) is 4.62. The molecule has 0 atom stereocenters. The molecule has 1 aromatic carbocycles. The molecule has 1 fully saturated rings. The van der Waals surface area contributed by atoms with Gasteiger partial charge in [0.05, 0.1) is 11.9 Å². The van der Waals surface area contributed by atoms with Gasteiger partial charge in [0.15, 0.2) is 0 Å². The SMILES string of the molecule is CS(=O)(=O)Nc1ccsc1C(=O)N1CCC(C(=O)NCc2ccccc2)CC1. The maximum absolute atomic E-state index is 12.8. The highest BCUT2D eigenvalue weighted by Gasteiger charge is 2.29. The van der Waals surface area contributed by atoms with Gasteiger partial charge in [-0.15, -0.1) is 11.3 Å². The van der Waals surface area contributed by atoms with Crippen LogP contribution >= 0.6 is 11.3 Å². The minimum absolute atomic E-state index is 0.00603. The Labute approximate surface area is 168 Å². The standard InChI is InChI=1S/C19H23N3O4S2/c1-28(25,26)21-16-9-12-27-17(16)19(24)22-10-7-15(8-11-22)18(23)20-13-14-5-3-2-4-6-14/h2-6,9,12,15,21H,7-8,10-11,13H2,1H3,(H,20,23). The molecule has 0 spiro atoms. The van der Waals surface area contributed by atoms with Crippen molar-refractivity contribution in [3.05, 3.63) is 52.2 Å². The quantitative estimate of drug-likeness (QED) is 0.748. The summed E-state index contributed by atoms with van der Waals surface area (Å²) in [7, 11) is -3.45. The Morgan fingerprint density at radius 1 is 1.14 bits per heavy atom. The van der Waals surface area contributed by atoms with Crippen molar-refractivity contribution in [3.8, 4) is 0 Å². The molecule has 0 radical (unpaired) electrons. The average Bonchev–Trinajstić information content (AvgIpc) is 3.12. The number of hydrogen-bond donors (Lipinski definition) is 2. The highest BCUT2D eigenvalue weighted by Crippen LogP contribution is 2.27. The third-order valence-electron chi connectivity index (χ3n) is 4.62. The summed E-state index contributed by atoms with van der Waals surface area (Å²) in [5.41, 5.74) is 1.35. The maximum Gasteiger partial charge on any atom is 0.266 e. The molecular formula is C19H23N3O4S2. The molecule has 2 heterocycles. The summed E-state index contributed by atoms with van der Waals surface area (Å²) in [4.78, 5) is 27.2. The molecule has 0 bridgehead atoms. The van der Waals surface area contributed by atoms with Crippen LogP contribution in [-0.4, -0.2) is 44.5 Å². The third-order valence-corrected chi connectivity index (χ3v) is 6.11. The molecule has 2 aromatic rings. The topological polar surface area (TPSA) is 95.6 Å². The minimum atomic E-state index is -3.45. The van der Waals surface area contributed by atoms with E-state index in [1.54, 1.807) is 16.3 Å². The molecule has 3 rings (SSSR count). The van der Waals surface area contributed by atoms with E-state index in [1.165, 1.54) is 11.3 Å². The molecule has 28 heavy (non-hydrogen) atoms. The van der Waals surface area contributed by atoms with Crippen LogP contribution in [0.2, 0.25) is 0 Å². The van der Waals surface area contributed by atoms with E-state index in [2.05, 4.69) is 10.0 Å². The number of carbonyl (C=O) groups excluding carboxylic acids is 2. The summed E-state index contributed by atoms with van der Waals surface area (Å²) in [6.07, 6.45) is 2.23. The van der Waals surface area contributed by atoms with Gasteiger partial charge in [-0.25, -0.2) is 8.42 Å². The van der Waals surface area contributed by atoms with Crippen LogP contribution in [0.25, 0.3) is 0 Å². The number of sulfonamides is 1. The Kier molecular flexibility index (Phi) is 6.35. The first kappa shape index (κ1) is 20.3. The van der Waals surface area contributed by atoms with E-state index in [0.717, 1.165) is 11.8 Å². The van der Waals surface area contributed by atoms with Crippen molar-refractivity contribution in [2.75, 3.05) is 24.1 Å². The van der Waals surface area contributed by atoms with E-state index < -0.39 is 10.0 Å². The largest absolute Gasteiger partial charge is 0.352 e. The summed E-state index contributed by atoms with van der Waals surface area (Å²) in [6.45, 7) is 1.44. The zero-order valence-corrected chi connectivity index (χ0v) is 17.2. The Hall–Kier alpha value is -2.39. The summed E-state index contributed by atoms with van der Waals surface area (Å²) >= 11 is 1.21. The van der Waals surface area contributed by atoms with E-state index in [4.69, 9.17) is 0 Å². The monoisotopic (exact) mass is 421 g/mol. The molecule has 0 saturated carbocycles. The van der Waals surface area contributed by atoms with Gasteiger partial charge in [0.1, 0.15) is 4.88 Å². The minimum Gasteiger partial charge on any atom is -0.352 e. The molecule has 1 aliphatic heterocycles. The lowest BCUT2D eigenvalue weighted by Gasteiger charge is -2.31. The number of hydrogen-bond acceptors (Lipinski definition) is 5. The molecule has 0 aliphatic carbocycles. The van der Waals surface area contributed by atoms with Gasteiger partial charge in [-0.2, -0.15) is 0 Å². The van der Waals surface area contributed by atoms with Crippen molar-refractivity contribution in [2.45, 2.75) is 19.4 Å². The van der Waals surface area contributed by atoms with E-state index in [0.29, 0.717) is 43.0 Å². The molecule has 2 N–H and O–H groups in total. The first-order chi connectivity index (χ1) is 13.3. The lowest BCUT2D eigenvalue weighted by molar-refractivity contribution is -0.126. The van der Waals surface area contributed by atoms with E-state index >= 15 is 0 Å². The van der Waals surface area contributed by atoms with Crippen LogP contribution in [-0.2, 0) is 21.4 Å². The van der Waals surface area contributed by atoms with Crippen LogP contribution in [0.4, 0.5) is 5.69 Å². The van der Waals surface area contributed by atoms with Crippen molar-refractivity contribution in [2.24, 2.45) is 5.92 Å². The maximum atomic E-state index is 12.8. The Balaban J connectivity index is 1.53. The van der Waals surface area contributed by atoms with Crippen LogP contribution in [0, 0.1) is 5.92 Å². The van der Waals surface area contributed by atoms with Crippen molar-refractivity contribution in [1.29, 1.82) is 0 Å². The molecular weight excluding hydrogens is 398 g/mol. The molecule has 1 saturated heterocycles. The number of likely N-dealkylation sites (tertiary alicyclic amines) is 1. The zero-order valence-electron chi connectivity index (χ0n) is 15.6. The van der Waals surface area contributed by atoms with Crippen LogP contribution in [0.15, 0.2) is 41.8 Å². The van der Waals surface area contributed by atoms with Gasteiger partial charge in [0, 0.05) is 25.6 Å². The first-order valence-electron chi connectivity index (χ1n) is 8.99. The average molecular weight is 422 g/mol. The van der Waals surface area contributed by atoms with Gasteiger partial charge in [0.2, 0.25) is 15.9 Å². The van der Waals surface area contributed by atoms with Gasteiger partial charge in [-0.05, 0) is 29.9 Å². The number of nitrogens with zero attached hydrogens (tertiary/aromatic N) is 1. The van der Waals surface area contributed by atoms with Crippen LogP contribution < -0.4 is 10.0 Å². The van der Waals surface area contributed by atoms with Crippen LogP contribution in [0.3, 0.4) is 0 Å². The third kappa shape index (κ3) is 5.32. The number of anilines is 1. The van der Waals surface area contributed by atoms with Gasteiger partial charge in [-0.1, -0.05) is 30.3 Å². The zero-order chi connectivity index (χ0) is 20.1. The Morgan fingerprint density at radius 3 is 2.46 bits per heavy atom. The van der Waals surface area contributed by atoms with E-state index in [-0.39, 0.29) is 17.7 Å². The highest BCUT2D eigenvalue weighted by atomic mass is 32.2. The van der Waals surface area contributed by atoms with Crippen molar-refractivity contribution in [3.63, 3.8) is 0 Å². The second-order valence-corrected chi connectivity index (χ2v) is 9.47. The molecule has 150 valence electrons. The second kappa shape index (κ2) is 8.74. The number of nitrogens with one attached hydrogen (secondary N) is 2. The molecule has 1 aliphatic rings. The number of thiophene rings is 1. The van der Waals surface area contributed by atoms with Crippen LogP contribution in [0.1, 0.15) is 28.1 Å². The Morgan fingerprint density at radius 2 is 1.82 bits per heavy atom. The van der Waals surface area contributed by atoms with Gasteiger partial charge in [-0.3, -0.25) is 14.3 Å². The fourth-order valence-electron chi connectivity index (χ4n) is 3.17. The first-order valence-corrected chi connectivity index (χ1v) is 11.8. The Bertz CT molecular complexity index is 933. The molecule has 2 amide bonds. The normalized spacial score (nSPS) is 15.2. The fraction of sp³-hybridized carbons (Fsp3) is 0.368. The number of carbonyl (C=O) groups is 2. The van der Waals surface area contributed by atoms with Gasteiger partial charge in [0.25, 0.3) is 5.91 Å². The molecule has 0 unspecified atom stereocenters. The van der Waals surface area contributed by atoms with Crippen molar-refractivity contribution < 1.29 is 18.0 Å². The summed E-state index contributed by atoms with van der Waals surface area (Å²) < 4.78 is 25.3. The van der Waals surface area contributed by atoms with Crippen molar-refractivity contribution in [1.82, 2.24) is 10.2 Å². The smallest absolute Gasteiger partial charge is 0.266 e. The predicted molar refractivity (Wildman–Crippen MR) is 110 cm³/mol. The van der Waals surface area contributed by atoms with E-state index in [9.17, 15) is 18.0 Å². The molecule has 7 nitrogen and oxygen atoms in total. The number of amides is 2. The summed E-state index contributed by atoms with van der Waals surface area (Å²) in [6, 6.07) is 11.3. The summed E-state index contributed by atoms with van der Waals surface area (Å²) in [5, 5.41) is 4.64. The van der Waals surface area contributed by atoms with Gasteiger partial charge >= 0.3 is 0 Å². The number of piperidine rings is 1. The lowest BCUT2D eigenvalue weighted by atomic mass is 9.95. The second-order valence-electron chi connectivity index (χ2n) is 6.81. The molecule has 1 aromatic heterocycles. The number of benzene rings is 1. The van der Waals surface area contributed by atoms with Gasteiger partial charge < -0.3 is 10.2 Å². The van der Waals surface area contributed by atoms with Crippen molar-refractivity contribution >= 4 is 38.9 Å². The molecule has 9 heteroatoms. The van der Waals surface area contributed by atoms with Crippen LogP contribution in [0.5, 0.6) is 0 Å². The summed E-state index contributed by atoms with van der Waals surface area (Å²) in [5.74, 6) is -0.319. The lowest BCUT2D eigenvalue weighted by Crippen LogP contribution is -2.42. The predicted octanol–water partition coefficient (Wildman–Crippen LogP) is 2.29. The highest BCUT2D eigenvalue weighted by molar-refractivity contribution is 7.92. The van der Waals surface area contributed by atoms with E-state index in [1.807, 2.05) is 30.3 Å². The number of rotatable bonds is 6.